The molecule has 0 radical (unpaired) electrons. The summed E-state index contributed by atoms with van der Waals surface area (Å²) in [6, 6.07) is 8.01. The predicted octanol–water partition coefficient (Wildman–Crippen LogP) is 4.07. The number of hydrogen-bond donors (Lipinski definition) is 0. The predicted molar refractivity (Wildman–Crippen MR) is 117 cm³/mol. The van der Waals surface area contributed by atoms with Gasteiger partial charge in [-0.1, -0.05) is 42.8 Å². The quantitative estimate of drug-likeness (QED) is 0.370. The van der Waals surface area contributed by atoms with Crippen LogP contribution in [0.25, 0.3) is 11.4 Å². The number of benzene rings is 1. The van der Waals surface area contributed by atoms with Crippen molar-refractivity contribution in [2.45, 2.75) is 46.5 Å². The van der Waals surface area contributed by atoms with E-state index < -0.39 is 5.97 Å². The molecule has 0 fully saturated rings. The summed E-state index contributed by atoms with van der Waals surface area (Å²) in [7, 11) is 0. The Bertz CT molecular complexity index is 1170. The lowest BCUT2D eigenvalue weighted by molar-refractivity contribution is 0.0519. The van der Waals surface area contributed by atoms with Gasteiger partial charge < -0.3 is 4.74 Å². The molecule has 160 valence electrons. The number of carbonyl (C=O) groups excluding carboxylic acids is 1. The molecule has 2 atom stereocenters. The number of rotatable bonds is 4. The molecule has 7 nitrogen and oxygen atoms in total. The van der Waals surface area contributed by atoms with Crippen LogP contribution in [-0.4, -0.2) is 37.1 Å². The number of carbonyl (C=O) groups is 1. The van der Waals surface area contributed by atoms with Gasteiger partial charge in [0.05, 0.1) is 35.1 Å². The van der Waals surface area contributed by atoms with Gasteiger partial charge in [0.25, 0.3) is 0 Å². The maximum Gasteiger partial charge on any atom is 0.358 e. The zero-order valence-electron chi connectivity index (χ0n) is 18.2. The molecule has 1 aliphatic carbocycles. The molecule has 2 aliphatic rings. The third kappa shape index (κ3) is 3.48. The molecule has 0 bridgehead atoms. The second kappa shape index (κ2) is 7.80. The van der Waals surface area contributed by atoms with E-state index in [1.54, 1.807) is 13.3 Å². The lowest BCUT2D eigenvalue weighted by Crippen LogP contribution is -2.13. The van der Waals surface area contributed by atoms with Crippen molar-refractivity contribution in [2.24, 2.45) is 11.8 Å². The van der Waals surface area contributed by atoms with Gasteiger partial charge in [-0.25, -0.2) is 14.5 Å². The molecule has 7 heteroatoms. The van der Waals surface area contributed by atoms with E-state index in [0.717, 1.165) is 41.3 Å². The minimum atomic E-state index is -0.395. The first-order valence-electron chi connectivity index (χ1n) is 11.0. The Labute approximate surface area is 181 Å². The van der Waals surface area contributed by atoms with E-state index in [1.807, 2.05) is 33.5 Å². The van der Waals surface area contributed by atoms with Crippen molar-refractivity contribution >= 4 is 5.97 Å². The second-order valence-corrected chi connectivity index (χ2v) is 8.71. The molecule has 5 rings (SSSR count). The van der Waals surface area contributed by atoms with E-state index >= 15 is 0 Å². The van der Waals surface area contributed by atoms with Crippen LogP contribution in [0.15, 0.2) is 42.2 Å². The fourth-order valence-electron chi connectivity index (χ4n) is 5.02. The van der Waals surface area contributed by atoms with Gasteiger partial charge in [0.15, 0.2) is 5.69 Å². The Morgan fingerprint density at radius 1 is 1.19 bits per heavy atom. The highest BCUT2D eigenvalue weighted by Crippen LogP contribution is 2.33. The van der Waals surface area contributed by atoms with Gasteiger partial charge in [-0.05, 0) is 43.7 Å². The molecule has 0 amide bonds. The summed E-state index contributed by atoms with van der Waals surface area (Å²) < 4.78 is 9.16. The fourth-order valence-corrected chi connectivity index (χ4v) is 5.02. The summed E-state index contributed by atoms with van der Waals surface area (Å²) >= 11 is 0. The monoisotopic (exact) mass is 417 g/mol. The summed E-state index contributed by atoms with van der Waals surface area (Å²) in [4.78, 5) is 17.0. The third-order valence-corrected chi connectivity index (χ3v) is 6.18. The minimum Gasteiger partial charge on any atom is -0.461 e. The van der Waals surface area contributed by atoms with Crippen molar-refractivity contribution in [1.29, 1.82) is 0 Å². The summed E-state index contributed by atoms with van der Waals surface area (Å²) in [5, 5.41) is 9.10. The molecule has 0 saturated carbocycles. The molecule has 0 saturated heterocycles. The largest absolute Gasteiger partial charge is 0.461 e. The summed E-state index contributed by atoms with van der Waals surface area (Å²) in [6.45, 7) is 6.72. The van der Waals surface area contributed by atoms with Gasteiger partial charge in [0.1, 0.15) is 6.33 Å². The van der Waals surface area contributed by atoms with Crippen LogP contribution >= 0.6 is 0 Å². The summed E-state index contributed by atoms with van der Waals surface area (Å²) in [6.07, 6.45) is 7.73. The van der Waals surface area contributed by atoms with E-state index in [1.165, 1.54) is 12.0 Å². The Hall–Kier alpha value is -3.22. The topological polar surface area (TPSA) is 74.8 Å². The lowest BCUT2D eigenvalue weighted by Gasteiger charge is -2.23. The van der Waals surface area contributed by atoms with Gasteiger partial charge in [-0.15, -0.1) is 5.10 Å². The normalized spacial score (nSPS) is 19.6. The Morgan fingerprint density at radius 2 is 2.00 bits per heavy atom. The van der Waals surface area contributed by atoms with Crippen LogP contribution in [0.5, 0.6) is 0 Å². The van der Waals surface area contributed by atoms with Crippen molar-refractivity contribution in [3.63, 3.8) is 0 Å². The Morgan fingerprint density at radius 3 is 2.77 bits per heavy atom. The zero-order chi connectivity index (χ0) is 21.5. The summed E-state index contributed by atoms with van der Waals surface area (Å²) in [5.74, 6) is 0.876. The van der Waals surface area contributed by atoms with Gasteiger partial charge in [-0.2, -0.15) is 0 Å². The van der Waals surface area contributed by atoms with Gasteiger partial charge >= 0.3 is 5.97 Å². The van der Waals surface area contributed by atoms with E-state index in [0.29, 0.717) is 30.6 Å². The number of aromatic nitrogens is 5. The first-order chi connectivity index (χ1) is 15.0. The van der Waals surface area contributed by atoms with E-state index in [9.17, 15) is 4.79 Å². The standard InChI is InChI=1S/C24H27N5O2/c1-4-31-24(30)23-22-13-21-18(12-17-10-15(2)9-16(3)11-17)26-27-29(21)20-8-6-5-7-19(20)28(22)14-25-23/h5-8,10,14-16H,4,9,11-13H2,1-3H3. The van der Waals surface area contributed by atoms with Gasteiger partial charge in [0, 0.05) is 12.8 Å². The average Bonchev–Trinajstić information content (AvgIpc) is 3.29. The third-order valence-electron chi connectivity index (χ3n) is 6.18. The molecule has 2 aromatic heterocycles. The zero-order valence-corrected chi connectivity index (χ0v) is 18.2. The number of para-hydroxylation sites is 2. The van der Waals surface area contributed by atoms with Crippen LogP contribution in [0.4, 0.5) is 0 Å². The molecule has 3 aromatic rings. The second-order valence-electron chi connectivity index (χ2n) is 8.71. The van der Waals surface area contributed by atoms with Crippen LogP contribution in [-0.2, 0) is 17.6 Å². The van der Waals surface area contributed by atoms with Crippen LogP contribution in [0.1, 0.15) is 61.2 Å². The molecule has 0 N–H and O–H groups in total. The molecule has 2 unspecified atom stereocenters. The van der Waals surface area contributed by atoms with Crippen LogP contribution in [0, 0.1) is 11.8 Å². The number of nitrogens with zero attached hydrogens (tertiary/aromatic N) is 5. The minimum absolute atomic E-state index is 0.316. The smallest absolute Gasteiger partial charge is 0.358 e. The van der Waals surface area contributed by atoms with E-state index in [2.05, 4.69) is 35.2 Å². The fraction of sp³-hybridized carbons (Fsp3) is 0.417. The van der Waals surface area contributed by atoms with E-state index in [-0.39, 0.29) is 0 Å². The highest BCUT2D eigenvalue weighted by molar-refractivity contribution is 5.89. The highest BCUT2D eigenvalue weighted by atomic mass is 16.5. The molecule has 1 aromatic carbocycles. The Kier molecular flexibility index (Phi) is 4.96. The maximum atomic E-state index is 12.6. The SMILES string of the molecule is CCOC(=O)c1ncn2c1Cc1c(CC3=CC(C)CC(C)C3)nnn1-c1ccccc1-2. The molecule has 0 spiro atoms. The van der Waals surface area contributed by atoms with Crippen molar-refractivity contribution in [3.8, 4) is 11.4 Å². The lowest BCUT2D eigenvalue weighted by atomic mass is 9.82. The number of esters is 1. The number of ether oxygens (including phenoxy) is 1. The number of allylic oxidation sites excluding steroid dienone is 2. The van der Waals surface area contributed by atoms with Crippen LogP contribution in [0.2, 0.25) is 0 Å². The van der Waals surface area contributed by atoms with Crippen molar-refractivity contribution < 1.29 is 9.53 Å². The van der Waals surface area contributed by atoms with Crippen molar-refractivity contribution in [2.75, 3.05) is 6.61 Å². The van der Waals surface area contributed by atoms with Crippen LogP contribution in [0.3, 0.4) is 0 Å². The summed E-state index contributed by atoms with van der Waals surface area (Å²) in [5.41, 5.74) is 6.42. The van der Waals surface area contributed by atoms with E-state index in [4.69, 9.17) is 4.74 Å². The molecule has 31 heavy (non-hydrogen) atoms. The molecular weight excluding hydrogens is 390 g/mol. The van der Waals surface area contributed by atoms with Crippen molar-refractivity contribution in [1.82, 2.24) is 24.5 Å². The Balaban J connectivity index is 1.61. The van der Waals surface area contributed by atoms with Crippen molar-refractivity contribution in [3.05, 3.63) is 65.0 Å². The molecule has 3 heterocycles. The van der Waals surface area contributed by atoms with Gasteiger partial charge in [-0.3, -0.25) is 4.57 Å². The maximum absolute atomic E-state index is 12.6. The van der Waals surface area contributed by atoms with Gasteiger partial charge in [0.2, 0.25) is 0 Å². The first-order valence-corrected chi connectivity index (χ1v) is 11.0. The van der Waals surface area contributed by atoms with Crippen LogP contribution < -0.4 is 0 Å². The highest BCUT2D eigenvalue weighted by Gasteiger charge is 2.29. The first kappa shape index (κ1) is 19.7. The molecular formula is C24H27N5O2. The number of fused-ring (bicyclic) bond motifs is 5. The molecule has 1 aliphatic heterocycles. The number of imidazole rings is 1. The average molecular weight is 418 g/mol. The number of hydrogen-bond acceptors (Lipinski definition) is 5.